The zero-order chi connectivity index (χ0) is 22.8. The van der Waals surface area contributed by atoms with E-state index in [0.29, 0.717) is 5.75 Å². The Kier molecular flexibility index (Phi) is 7.52. The van der Waals surface area contributed by atoms with E-state index in [1.54, 1.807) is 14.1 Å². The summed E-state index contributed by atoms with van der Waals surface area (Å²) in [6.07, 6.45) is -0.839. The Morgan fingerprint density at radius 1 is 1.52 bits per heavy atom. The molecule has 0 amide bonds. The van der Waals surface area contributed by atoms with Crippen LogP contribution in [0.25, 0.3) is 11.2 Å². The number of nitrogens with one attached hydrogen (secondary N) is 1. The summed E-state index contributed by atoms with van der Waals surface area (Å²) in [4.78, 5) is 33.4. The Labute approximate surface area is 181 Å². The molecule has 0 radical (unpaired) electrons. The number of aromatic amines is 1. The van der Waals surface area contributed by atoms with E-state index in [9.17, 15) is 19.3 Å². The fourth-order valence-electron chi connectivity index (χ4n) is 2.96. The number of ether oxygens (including phenoxy) is 1. The van der Waals surface area contributed by atoms with E-state index in [4.69, 9.17) is 19.5 Å². The Bertz CT molecular complexity index is 1040. The van der Waals surface area contributed by atoms with Gasteiger partial charge in [0.05, 0.1) is 25.6 Å². The molecule has 3 heterocycles. The zero-order valence-electron chi connectivity index (χ0n) is 17.3. The molecule has 2 aromatic rings. The largest absolute Gasteiger partial charge is 0.407 e. The van der Waals surface area contributed by atoms with Crippen molar-refractivity contribution < 1.29 is 28.3 Å². The second kappa shape index (κ2) is 9.77. The molecule has 0 aliphatic carbocycles. The van der Waals surface area contributed by atoms with Gasteiger partial charge in [0.15, 0.2) is 16.3 Å². The standard InChI is InChI=1S/C16H25N6O7PS/c1-9(23)31-5-4-27-30(26,21(2)3)28-7-11-10(24)6-12(29-11)22-8-18-13-14(22)19-16(17)20-15(13)25/h8,10-12,24H,4-7H2,1-3H3,(H3,17,19,20,25)/t10-,11+,12+,30?/m0/s1. The molecule has 1 aliphatic heterocycles. The van der Waals surface area contributed by atoms with Crippen LogP contribution in [0.1, 0.15) is 19.6 Å². The summed E-state index contributed by atoms with van der Waals surface area (Å²) in [6.45, 7) is 1.29. The van der Waals surface area contributed by atoms with Gasteiger partial charge in [0, 0.05) is 19.1 Å². The van der Waals surface area contributed by atoms with Crippen LogP contribution in [-0.4, -0.2) is 79.7 Å². The van der Waals surface area contributed by atoms with E-state index in [2.05, 4.69) is 15.0 Å². The van der Waals surface area contributed by atoms with Crippen LogP contribution >= 0.6 is 19.5 Å². The normalized spacial score (nSPS) is 23.5. The third-order valence-corrected chi connectivity index (χ3v) is 7.24. The lowest BCUT2D eigenvalue weighted by Crippen LogP contribution is -2.27. The predicted octanol–water partition coefficient (Wildman–Crippen LogP) is 0.333. The number of rotatable bonds is 9. The van der Waals surface area contributed by atoms with Gasteiger partial charge < -0.3 is 15.6 Å². The average molecular weight is 476 g/mol. The number of H-pyrrole nitrogens is 1. The monoisotopic (exact) mass is 476 g/mol. The SMILES string of the molecule is CC(=O)SCCOP(=O)(OC[C@H]1O[C@@H](n2cnc3c(=O)[nH]c(N)nc32)C[C@@H]1O)N(C)C. The molecular weight excluding hydrogens is 451 g/mol. The first kappa shape index (κ1) is 23.9. The Morgan fingerprint density at radius 3 is 2.94 bits per heavy atom. The second-order valence-corrected chi connectivity index (χ2v) is 10.5. The molecule has 1 saturated heterocycles. The number of nitrogens with zero attached hydrogens (tertiary/aromatic N) is 4. The summed E-state index contributed by atoms with van der Waals surface area (Å²) in [7, 11) is -0.557. The van der Waals surface area contributed by atoms with Gasteiger partial charge in [0.2, 0.25) is 5.95 Å². The van der Waals surface area contributed by atoms with Gasteiger partial charge >= 0.3 is 7.75 Å². The van der Waals surface area contributed by atoms with E-state index < -0.39 is 31.7 Å². The average Bonchev–Trinajstić information content (AvgIpc) is 3.26. The number of imidazole rings is 1. The Hall–Kier alpha value is -1.80. The summed E-state index contributed by atoms with van der Waals surface area (Å²) in [5, 5.41) is 10.3. The number of aliphatic hydroxyl groups excluding tert-OH is 1. The van der Waals surface area contributed by atoms with Crippen LogP contribution in [0.15, 0.2) is 11.1 Å². The molecule has 13 nitrogen and oxygen atoms in total. The number of nitrogen functional groups attached to an aromatic ring is 1. The smallest absolute Gasteiger partial charge is 0.390 e. The highest BCUT2D eigenvalue weighted by Gasteiger charge is 2.39. The first-order valence-electron chi connectivity index (χ1n) is 9.37. The summed E-state index contributed by atoms with van der Waals surface area (Å²) in [6, 6.07) is 0. The molecule has 15 heteroatoms. The molecule has 0 bridgehead atoms. The minimum atomic E-state index is -3.64. The molecule has 1 unspecified atom stereocenters. The van der Waals surface area contributed by atoms with Crippen molar-refractivity contribution in [1.82, 2.24) is 24.2 Å². The van der Waals surface area contributed by atoms with Gasteiger partial charge in [0.25, 0.3) is 5.56 Å². The highest BCUT2D eigenvalue weighted by atomic mass is 32.2. The number of hydrogen-bond acceptors (Lipinski definition) is 11. The number of aromatic nitrogens is 4. The maximum absolute atomic E-state index is 13.0. The van der Waals surface area contributed by atoms with Gasteiger partial charge in [-0.3, -0.25) is 28.2 Å². The first-order chi connectivity index (χ1) is 14.6. The van der Waals surface area contributed by atoms with Crippen molar-refractivity contribution in [3.8, 4) is 0 Å². The van der Waals surface area contributed by atoms with Gasteiger partial charge in [-0.1, -0.05) is 11.8 Å². The van der Waals surface area contributed by atoms with Crippen molar-refractivity contribution in [1.29, 1.82) is 0 Å². The Balaban J connectivity index is 1.65. The highest BCUT2D eigenvalue weighted by molar-refractivity contribution is 8.13. The summed E-state index contributed by atoms with van der Waals surface area (Å²) in [5.41, 5.74) is 5.45. The van der Waals surface area contributed by atoms with Gasteiger partial charge in [-0.05, 0) is 14.1 Å². The predicted molar refractivity (Wildman–Crippen MR) is 113 cm³/mol. The third kappa shape index (κ3) is 5.52. The van der Waals surface area contributed by atoms with Crippen LogP contribution in [0.5, 0.6) is 0 Å². The number of carbonyl (C=O) groups is 1. The summed E-state index contributed by atoms with van der Waals surface area (Å²) in [5.74, 6) is 0.272. The molecule has 0 spiro atoms. The zero-order valence-corrected chi connectivity index (χ0v) is 19.0. The fourth-order valence-corrected chi connectivity index (χ4v) is 4.73. The van der Waals surface area contributed by atoms with Gasteiger partial charge in [0.1, 0.15) is 12.3 Å². The lowest BCUT2D eigenvalue weighted by Gasteiger charge is -2.25. The number of anilines is 1. The first-order valence-corrected chi connectivity index (χ1v) is 11.8. The van der Waals surface area contributed by atoms with Crippen LogP contribution in [0.3, 0.4) is 0 Å². The van der Waals surface area contributed by atoms with Crippen LogP contribution in [0.2, 0.25) is 0 Å². The molecular formula is C16H25N6O7PS. The van der Waals surface area contributed by atoms with Crippen molar-refractivity contribution in [2.24, 2.45) is 0 Å². The minimum Gasteiger partial charge on any atom is -0.390 e. The fraction of sp³-hybridized carbons (Fsp3) is 0.625. The maximum Gasteiger partial charge on any atom is 0.407 e. The van der Waals surface area contributed by atoms with Gasteiger partial charge in [-0.25, -0.2) is 14.2 Å². The number of nitrogens with two attached hydrogens (primary N) is 1. The lowest BCUT2D eigenvalue weighted by atomic mass is 10.2. The van der Waals surface area contributed by atoms with E-state index in [0.717, 1.165) is 11.8 Å². The molecule has 1 fully saturated rings. The number of carbonyl (C=O) groups excluding carboxylic acids is 1. The Morgan fingerprint density at radius 2 is 2.26 bits per heavy atom. The second-order valence-electron chi connectivity index (χ2n) is 6.99. The van der Waals surface area contributed by atoms with Crippen molar-refractivity contribution in [3.63, 3.8) is 0 Å². The summed E-state index contributed by atoms with van der Waals surface area (Å²) >= 11 is 1.06. The van der Waals surface area contributed by atoms with Crippen molar-refractivity contribution in [3.05, 3.63) is 16.7 Å². The quantitative estimate of drug-likeness (QED) is 0.335. The minimum absolute atomic E-state index is 0.0546. The molecule has 31 heavy (non-hydrogen) atoms. The number of aliphatic hydroxyl groups is 1. The molecule has 4 N–H and O–H groups in total. The molecule has 4 atom stereocenters. The topological polar surface area (TPSA) is 175 Å². The number of hydrogen-bond donors (Lipinski definition) is 3. The molecule has 1 aliphatic rings. The molecule has 3 rings (SSSR count). The maximum atomic E-state index is 13.0. The molecule has 0 aromatic carbocycles. The number of thioether (sulfide) groups is 1. The van der Waals surface area contributed by atoms with Crippen molar-refractivity contribution in [2.45, 2.75) is 31.8 Å². The molecule has 2 aromatic heterocycles. The van der Waals surface area contributed by atoms with Crippen LogP contribution in [-0.2, 0) is 23.1 Å². The molecule has 172 valence electrons. The third-order valence-electron chi connectivity index (χ3n) is 4.50. The summed E-state index contributed by atoms with van der Waals surface area (Å²) < 4.78 is 32.5. The van der Waals surface area contributed by atoms with Gasteiger partial charge in [-0.15, -0.1) is 0 Å². The van der Waals surface area contributed by atoms with E-state index in [1.807, 2.05) is 0 Å². The van der Waals surface area contributed by atoms with E-state index >= 15 is 0 Å². The van der Waals surface area contributed by atoms with E-state index in [1.165, 1.54) is 22.5 Å². The lowest BCUT2D eigenvalue weighted by molar-refractivity contribution is -0.109. The van der Waals surface area contributed by atoms with Crippen molar-refractivity contribution in [2.75, 3.05) is 38.8 Å². The van der Waals surface area contributed by atoms with E-state index in [-0.39, 0.29) is 41.9 Å². The van der Waals surface area contributed by atoms with Crippen molar-refractivity contribution >= 4 is 41.7 Å². The highest BCUT2D eigenvalue weighted by Crippen LogP contribution is 2.50. The van der Waals surface area contributed by atoms with Crippen LogP contribution < -0.4 is 11.3 Å². The molecule has 0 saturated carbocycles. The van der Waals surface area contributed by atoms with Gasteiger partial charge in [-0.2, -0.15) is 4.98 Å². The van der Waals surface area contributed by atoms with Crippen LogP contribution in [0, 0.1) is 0 Å². The van der Waals surface area contributed by atoms with Crippen LogP contribution in [0.4, 0.5) is 5.95 Å². The number of fused-ring (bicyclic) bond motifs is 1.